The first-order chi connectivity index (χ1) is 16.5. The van der Waals surface area contributed by atoms with Gasteiger partial charge in [-0.15, -0.1) is 0 Å². The van der Waals surface area contributed by atoms with Gasteiger partial charge >= 0.3 is 0 Å². The Labute approximate surface area is 198 Å². The molecule has 1 saturated heterocycles. The lowest BCUT2D eigenvalue weighted by Crippen LogP contribution is -2.55. The second kappa shape index (κ2) is 8.11. The molecule has 9 heteroatoms. The highest BCUT2D eigenvalue weighted by molar-refractivity contribution is 7.90. The zero-order valence-corrected chi connectivity index (χ0v) is 19.6. The van der Waals surface area contributed by atoms with Crippen LogP contribution in [0.5, 0.6) is 0 Å². The van der Waals surface area contributed by atoms with E-state index in [0.717, 1.165) is 46.6 Å². The van der Waals surface area contributed by atoms with Crippen molar-refractivity contribution in [3.8, 4) is 11.4 Å². The standard InChI is InChI=1S/C25H25N5O3S/c1-34(31,32)19-7-5-17(6-8-19)14-29-15-18-16-33-12-11-30(18)25-23(29)13-27-24(28-25)21-3-2-4-22-20(21)9-10-26-22/h2-10,13,18,26H,11-12,14-16H2,1H3/t18-/m1/s1. The molecule has 2 aromatic carbocycles. The summed E-state index contributed by atoms with van der Waals surface area (Å²) in [5.41, 5.74) is 4.07. The van der Waals surface area contributed by atoms with Crippen LogP contribution in [0.3, 0.4) is 0 Å². The van der Waals surface area contributed by atoms with Gasteiger partial charge in [0, 0.05) is 48.6 Å². The number of hydrogen-bond acceptors (Lipinski definition) is 7. The highest BCUT2D eigenvalue weighted by Gasteiger charge is 2.35. The third-order valence-corrected chi connectivity index (χ3v) is 7.71. The number of sulfone groups is 1. The highest BCUT2D eigenvalue weighted by Crippen LogP contribution is 2.37. The average Bonchev–Trinajstić information content (AvgIpc) is 3.33. The number of aromatic amines is 1. The zero-order chi connectivity index (χ0) is 23.3. The fourth-order valence-electron chi connectivity index (χ4n) is 4.86. The van der Waals surface area contributed by atoms with Gasteiger partial charge in [0.15, 0.2) is 21.5 Å². The number of anilines is 2. The van der Waals surface area contributed by atoms with Crippen molar-refractivity contribution >= 4 is 32.2 Å². The van der Waals surface area contributed by atoms with Crippen molar-refractivity contribution in [2.45, 2.75) is 17.5 Å². The largest absolute Gasteiger partial charge is 0.377 e. The molecule has 1 fully saturated rings. The summed E-state index contributed by atoms with van der Waals surface area (Å²) in [5, 5.41) is 1.10. The molecule has 6 rings (SSSR count). The summed E-state index contributed by atoms with van der Waals surface area (Å²) in [7, 11) is -3.22. The van der Waals surface area contributed by atoms with Crippen molar-refractivity contribution in [2.75, 3.05) is 42.4 Å². The summed E-state index contributed by atoms with van der Waals surface area (Å²) in [6.07, 6.45) is 5.07. The quantitative estimate of drug-likeness (QED) is 0.484. The van der Waals surface area contributed by atoms with E-state index in [-0.39, 0.29) is 6.04 Å². The lowest BCUT2D eigenvalue weighted by Gasteiger charge is -2.45. The lowest BCUT2D eigenvalue weighted by molar-refractivity contribution is 0.0936. The van der Waals surface area contributed by atoms with E-state index in [1.807, 2.05) is 36.7 Å². The van der Waals surface area contributed by atoms with Gasteiger partial charge in [0.1, 0.15) is 0 Å². The Balaban J connectivity index is 1.39. The fraction of sp³-hybridized carbons (Fsp3) is 0.280. The van der Waals surface area contributed by atoms with Crippen molar-refractivity contribution < 1.29 is 13.2 Å². The molecule has 0 aliphatic carbocycles. The normalized spacial score (nSPS) is 18.1. The summed E-state index contributed by atoms with van der Waals surface area (Å²) < 4.78 is 29.4. The van der Waals surface area contributed by atoms with E-state index >= 15 is 0 Å². The Morgan fingerprint density at radius 3 is 2.82 bits per heavy atom. The van der Waals surface area contributed by atoms with Crippen LogP contribution in [-0.2, 0) is 21.1 Å². The van der Waals surface area contributed by atoms with Crippen molar-refractivity contribution in [3.05, 3.63) is 66.5 Å². The van der Waals surface area contributed by atoms with Gasteiger partial charge < -0.3 is 19.5 Å². The topological polar surface area (TPSA) is 91.4 Å². The molecule has 0 saturated carbocycles. The van der Waals surface area contributed by atoms with Crippen molar-refractivity contribution in [2.24, 2.45) is 0 Å². The van der Waals surface area contributed by atoms with Crippen LogP contribution in [0.25, 0.3) is 22.3 Å². The second-order valence-electron chi connectivity index (χ2n) is 8.87. The summed E-state index contributed by atoms with van der Waals surface area (Å²) >= 11 is 0. The van der Waals surface area contributed by atoms with Gasteiger partial charge in [0.05, 0.1) is 36.0 Å². The van der Waals surface area contributed by atoms with Gasteiger partial charge in [0.2, 0.25) is 0 Å². The number of nitrogens with one attached hydrogen (secondary N) is 1. The molecule has 1 atom stereocenters. The third kappa shape index (κ3) is 3.70. The van der Waals surface area contributed by atoms with Gasteiger partial charge in [0.25, 0.3) is 0 Å². The highest BCUT2D eigenvalue weighted by atomic mass is 32.2. The first-order valence-corrected chi connectivity index (χ1v) is 13.2. The Morgan fingerprint density at radius 2 is 2.00 bits per heavy atom. The van der Waals surface area contributed by atoms with Crippen LogP contribution >= 0.6 is 0 Å². The minimum Gasteiger partial charge on any atom is -0.377 e. The van der Waals surface area contributed by atoms with Crippen LogP contribution in [0.1, 0.15) is 5.56 Å². The number of hydrogen-bond donors (Lipinski definition) is 1. The third-order valence-electron chi connectivity index (χ3n) is 6.58. The Hall–Kier alpha value is -3.43. The molecule has 4 aromatic rings. The molecule has 0 amide bonds. The number of ether oxygens (including phenoxy) is 1. The lowest BCUT2D eigenvalue weighted by atomic mass is 10.1. The first-order valence-electron chi connectivity index (χ1n) is 11.3. The molecular formula is C25H25N5O3S. The van der Waals surface area contributed by atoms with E-state index in [2.05, 4.69) is 26.9 Å². The molecule has 0 unspecified atom stereocenters. The monoisotopic (exact) mass is 475 g/mol. The van der Waals surface area contributed by atoms with Crippen molar-refractivity contribution in [1.82, 2.24) is 15.0 Å². The predicted molar refractivity (Wildman–Crippen MR) is 132 cm³/mol. The summed E-state index contributed by atoms with van der Waals surface area (Å²) in [6, 6.07) is 15.5. The molecular weight excluding hydrogens is 450 g/mol. The van der Waals surface area contributed by atoms with Gasteiger partial charge in [-0.2, -0.15) is 0 Å². The molecule has 34 heavy (non-hydrogen) atoms. The number of nitrogens with zero attached hydrogens (tertiary/aromatic N) is 4. The molecule has 0 spiro atoms. The maximum absolute atomic E-state index is 11.8. The molecule has 174 valence electrons. The zero-order valence-electron chi connectivity index (χ0n) is 18.8. The number of morpholine rings is 1. The number of benzene rings is 2. The van der Waals surface area contributed by atoms with E-state index in [1.54, 1.807) is 12.1 Å². The van der Waals surface area contributed by atoms with Crippen LogP contribution in [-0.4, -0.2) is 62.0 Å². The van der Waals surface area contributed by atoms with Gasteiger partial charge in [-0.25, -0.2) is 18.4 Å². The van der Waals surface area contributed by atoms with Gasteiger partial charge in [-0.05, 0) is 29.8 Å². The Kier molecular flexibility index (Phi) is 5.04. The summed E-state index contributed by atoms with van der Waals surface area (Å²) in [5.74, 6) is 1.62. The van der Waals surface area contributed by atoms with Crippen LogP contribution in [0, 0.1) is 0 Å². The van der Waals surface area contributed by atoms with E-state index in [4.69, 9.17) is 14.7 Å². The van der Waals surface area contributed by atoms with Crippen LogP contribution in [0.4, 0.5) is 11.5 Å². The molecule has 2 aliphatic rings. The molecule has 0 radical (unpaired) electrons. The maximum atomic E-state index is 11.8. The fourth-order valence-corrected chi connectivity index (χ4v) is 5.49. The molecule has 2 aromatic heterocycles. The Bertz CT molecular complexity index is 1470. The Morgan fingerprint density at radius 1 is 1.15 bits per heavy atom. The van der Waals surface area contributed by atoms with Crippen LogP contribution in [0.2, 0.25) is 0 Å². The average molecular weight is 476 g/mol. The number of rotatable bonds is 4. The summed E-state index contributed by atoms with van der Waals surface area (Å²) in [4.78, 5) is 18.0. The molecule has 8 nitrogen and oxygen atoms in total. The van der Waals surface area contributed by atoms with E-state index in [1.165, 1.54) is 6.26 Å². The van der Waals surface area contributed by atoms with Crippen molar-refractivity contribution in [1.29, 1.82) is 0 Å². The van der Waals surface area contributed by atoms with E-state index in [9.17, 15) is 8.42 Å². The molecule has 0 bridgehead atoms. The molecule has 1 N–H and O–H groups in total. The predicted octanol–water partition coefficient (Wildman–Crippen LogP) is 3.25. The first kappa shape index (κ1) is 21.1. The van der Waals surface area contributed by atoms with Crippen LogP contribution in [0.15, 0.2) is 65.8 Å². The van der Waals surface area contributed by atoms with Gasteiger partial charge in [-0.1, -0.05) is 24.3 Å². The minimum absolute atomic E-state index is 0.197. The SMILES string of the molecule is CS(=O)(=O)c1ccc(CN2C[C@@H]3COCCN3c3nc(-c4cccc5[nH]ccc45)ncc32)cc1. The van der Waals surface area contributed by atoms with E-state index < -0.39 is 9.84 Å². The maximum Gasteiger partial charge on any atom is 0.175 e. The number of aromatic nitrogens is 3. The minimum atomic E-state index is -3.22. The van der Waals surface area contributed by atoms with Crippen molar-refractivity contribution in [3.63, 3.8) is 0 Å². The second-order valence-corrected chi connectivity index (χ2v) is 10.9. The van der Waals surface area contributed by atoms with Gasteiger partial charge in [-0.3, -0.25) is 0 Å². The number of H-pyrrole nitrogens is 1. The summed E-state index contributed by atoms with van der Waals surface area (Å²) in [6.45, 7) is 3.54. The van der Waals surface area contributed by atoms with E-state index in [0.29, 0.717) is 30.5 Å². The smallest absolute Gasteiger partial charge is 0.175 e. The molecule has 4 heterocycles. The molecule has 2 aliphatic heterocycles. The number of fused-ring (bicyclic) bond motifs is 4. The van der Waals surface area contributed by atoms with Crippen LogP contribution < -0.4 is 9.80 Å².